The van der Waals surface area contributed by atoms with Crippen molar-refractivity contribution in [1.82, 2.24) is 15.0 Å². The topological polar surface area (TPSA) is 60.2 Å². The quantitative estimate of drug-likeness (QED) is 0.846. The Morgan fingerprint density at radius 2 is 2.12 bits per heavy atom. The van der Waals surface area contributed by atoms with Crippen molar-refractivity contribution in [2.45, 2.75) is 12.5 Å². The van der Waals surface area contributed by atoms with Gasteiger partial charge in [0.05, 0.1) is 18.5 Å². The van der Waals surface area contributed by atoms with Gasteiger partial charge in [0.1, 0.15) is 11.9 Å². The lowest BCUT2D eigenvalue weighted by Gasteiger charge is -2.11. The van der Waals surface area contributed by atoms with E-state index in [0.29, 0.717) is 18.7 Å². The number of hydrogen-bond acceptors (Lipinski definition) is 4. The molecule has 0 bridgehead atoms. The fourth-order valence-corrected chi connectivity index (χ4v) is 1.55. The van der Waals surface area contributed by atoms with Crippen LogP contribution in [0.3, 0.4) is 0 Å². The van der Waals surface area contributed by atoms with Crippen LogP contribution in [0.1, 0.15) is 18.2 Å². The average molecular weight is 233 g/mol. The highest BCUT2D eigenvalue weighted by atomic mass is 16.5. The molecule has 0 aliphatic rings. The molecule has 0 fully saturated rings. The number of nitrogens with zero attached hydrogens (tertiary/aromatic N) is 3. The molecule has 1 N–H and O–H groups in total. The third-order valence-corrected chi connectivity index (χ3v) is 2.49. The molecule has 90 valence electrons. The van der Waals surface area contributed by atoms with E-state index in [2.05, 4.69) is 10.3 Å². The van der Waals surface area contributed by atoms with Crippen LogP contribution in [0.4, 0.5) is 0 Å². The zero-order valence-electron chi connectivity index (χ0n) is 9.65. The minimum Gasteiger partial charge on any atom is -0.493 e. The Morgan fingerprint density at radius 3 is 2.76 bits per heavy atom. The van der Waals surface area contributed by atoms with E-state index in [9.17, 15) is 5.11 Å². The summed E-state index contributed by atoms with van der Waals surface area (Å²) in [6.45, 7) is 0.455. The summed E-state index contributed by atoms with van der Waals surface area (Å²) in [4.78, 5) is 0. The summed E-state index contributed by atoms with van der Waals surface area (Å²) in [5.74, 6) is 0.808. The van der Waals surface area contributed by atoms with Crippen LogP contribution in [0, 0.1) is 0 Å². The summed E-state index contributed by atoms with van der Waals surface area (Å²) >= 11 is 0. The highest BCUT2D eigenvalue weighted by molar-refractivity contribution is 5.20. The molecule has 1 aromatic carbocycles. The first-order valence-electron chi connectivity index (χ1n) is 5.48. The molecule has 0 radical (unpaired) electrons. The molecule has 0 aliphatic heterocycles. The van der Waals surface area contributed by atoms with Gasteiger partial charge in [-0.05, 0) is 12.1 Å². The number of benzene rings is 1. The van der Waals surface area contributed by atoms with Gasteiger partial charge in [0, 0.05) is 13.5 Å². The molecule has 0 saturated heterocycles. The van der Waals surface area contributed by atoms with Gasteiger partial charge in [-0.1, -0.05) is 23.4 Å². The van der Waals surface area contributed by atoms with Gasteiger partial charge in [-0.3, -0.25) is 0 Å². The van der Waals surface area contributed by atoms with Gasteiger partial charge >= 0.3 is 0 Å². The fraction of sp³-hybridized carbons (Fsp3) is 0.333. The van der Waals surface area contributed by atoms with Crippen molar-refractivity contribution < 1.29 is 9.84 Å². The number of aryl methyl sites for hydroxylation is 1. The maximum atomic E-state index is 9.89. The van der Waals surface area contributed by atoms with Crippen molar-refractivity contribution in [3.8, 4) is 5.75 Å². The number of hydrogen-bond donors (Lipinski definition) is 1. The van der Waals surface area contributed by atoms with Crippen LogP contribution in [0.25, 0.3) is 0 Å². The molecule has 1 heterocycles. The molecule has 1 unspecified atom stereocenters. The Hall–Kier alpha value is -1.88. The normalized spacial score (nSPS) is 12.4. The van der Waals surface area contributed by atoms with Gasteiger partial charge in [-0.2, -0.15) is 0 Å². The molecule has 1 aromatic heterocycles. The third-order valence-electron chi connectivity index (χ3n) is 2.49. The monoisotopic (exact) mass is 233 g/mol. The maximum absolute atomic E-state index is 9.89. The lowest BCUT2D eigenvalue weighted by Crippen LogP contribution is -2.09. The van der Waals surface area contributed by atoms with Crippen LogP contribution in [0.5, 0.6) is 5.75 Å². The van der Waals surface area contributed by atoms with Gasteiger partial charge in [-0.25, -0.2) is 4.68 Å². The third kappa shape index (κ3) is 3.04. The Bertz CT molecular complexity index is 456. The molecule has 2 aromatic rings. The van der Waals surface area contributed by atoms with Crippen molar-refractivity contribution in [3.05, 3.63) is 42.2 Å². The minimum atomic E-state index is -0.598. The molecule has 17 heavy (non-hydrogen) atoms. The second kappa shape index (κ2) is 5.45. The summed E-state index contributed by atoms with van der Waals surface area (Å²) in [5.41, 5.74) is 0.696. The number of aliphatic hydroxyl groups is 1. The van der Waals surface area contributed by atoms with Gasteiger partial charge < -0.3 is 9.84 Å². The predicted octanol–water partition coefficient (Wildman–Crippen LogP) is 1.32. The largest absolute Gasteiger partial charge is 0.493 e. The first-order chi connectivity index (χ1) is 8.27. The summed E-state index contributed by atoms with van der Waals surface area (Å²) in [6.07, 6.45) is 1.47. The molecule has 0 spiro atoms. The van der Waals surface area contributed by atoms with Crippen molar-refractivity contribution in [2.24, 2.45) is 7.05 Å². The van der Waals surface area contributed by atoms with Gasteiger partial charge in [0.2, 0.25) is 0 Å². The van der Waals surface area contributed by atoms with Crippen LogP contribution < -0.4 is 4.74 Å². The molecule has 1 atom stereocenters. The Labute approximate surface area is 99.7 Å². The average Bonchev–Trinajstić information content (AvgIpc) is 2.77. The predicted molar refractivity (Wildman–Crippen MR) is 62.5 cm³/mol. The zero-order valence-corrected chi connectivity index (χ0v) is 9.65. The van der Waals surface area contributed by atoms with E-state index in [1.807, 2.05) is 30.3 Å². The van der Waals surface area contributed by atoms with E-state index < -0.39 is 6.10 Å². The number of ether oxygens (including phenoxy) is 1. The SMILES string of the molecule is Cn1nncc1C(O)CCOc1ccccc1. The highest BCUT2D eigenvalue weighted by Crippen LogP contribution is 2.15. The van der Waals surface area contributed by atoms with Crippen molar-refractivity contribution >= 4 is 0 Å². The Morgan fingerprint density at radius 1 is 1.35 bits per heavy atom. The summed E-state index contributed by atoms with van der Waals surface area (Å²) in [6, 6.07) is 9.53. The summed E-state index contributed by atoms with van der Waals surface area (Å²) < 4.78 is 7.07. The van der Waals surface area contributed by atoms with Crippen LogP contribution in [-0.2, 0) is 7.05 Å². The second-order valence-corrected chi connectivity index (χ2v) is 3.75. The number of aliphatic hydroxyl groups excluding tert-OH is 1. The van der Waals surface area contributed by atoms with Crippen molar-refractivity contribution in [3.63, 3.8) is 0 Å². The molecule has 0 aliphatic carbocycles. The molecular formula is C12H15N3O2. The summed E-state index contributed by atoms with van der Waals surface area (Å²) in [7, 11) is 1.75. The van der Waals surface area contributed by atoms with Crippen LogP contribution >= 0.6 is 0 Å². The molecule has 0 saturated carbocycles. The van der Waals surface area contributed by atoms with E-state index in [-0.39, 0.29) is 0 Å². The van der Waals surface area contributed by atoms with Gasteiger partial charge in [0.15, 0.2) is 0 Å². The Kier molecular flexibility index (Phi) is 3.72. The smallest absolute Gasteiger partial charge is 0.119 e. The van der Waals surface area contributed by atoms with Crippen LogP contribution in [0.2, 0.25) is 0 Å². The van der Waals surface area contributed by atoms with E-state index >= 15 is 0 Å². The standard InChI is InChI=1S/C12H15N3O2/c1-15-11(9-13-14-15)12(16)7-8-17-10-5-3-2-4-6-10/h2-6,9,12,16H,7-8H2,1H3. The molecular weight excluding hydrogens is 218 g/mol. The lowest BCUT2D eigenvalue weighted by molar-refractivity contribution is 0.133. The van der Waals surface area contributed by atoms with Crippen LogP contribution in [0.15, 0.2) is 36.5 Å². The van der Waals surface area contributed by atoms with E-state index in [1.54, 1.807) is 17.9 Å². The highest BCUT2D eigenvalue weighted by Gasteiger charge is 2.12. The van der Waals surface area contributed by atoms with Gasteiger partial charge in [0.25, 0.3) is 0 Å². The molecule has 0 amide bonds. The number of rotatable bonds is 5. The van der Waals surface area contributed by atoms with Crippen molar-refractivity contribution in [1.29, 1.82) is 0 Å². The maximum Gasteiger partial charge on any atom is 0.119 e. The molecule has 5 heteroatoms. The molecule has 2 rings (SSSR count). The van der Waals surface area contributed by atoms with E-state index in [4.69, 9.17) is 4.74 Å². The fourth-order valence-electron chi connectivity index (χ4n) is 1.55. The number of aromatic nitrogens is 3. The van der Waals surface area contributed by atoms with Crippen LogP contribution in [-0.4, -0.2) is 26.7 Å². The minimum absolute atomic E-state index is 0.455. The van der Waals surface area contributed by atoms with Gasteiger partial charge in [-0.15, -0.1) is 5.10 Å². The lowest BCUT2D eigenvalue weighted by atomic mass is 10.2. The summed E-state index contributed by atoms with van der Waals surface area (Å²) in [5, 5.41) is 17.4. The Balaban J connectivity index is 1.81. The first-order valence-corrected chi connectivity index (χ1v) is 5.48. The van der Waals surface area contributed by atoms with E-state index in [0.717, 1.165) is 5.75 Å². The molecule has 5 nitrogen and oxygen atoms in total. The zero-order chi connectivity index (χ0) is 12.1. The van der Waals surface area contributed by atoms with Crippen molar-refractivity contribution in [2.75, 3.05) is 6.61 Å². The second-order valence-electron chi connectivity index (χ2n) is 3.75. The number of para-hydroxylation sites is 1. The van der Waals surface area contributed by atoms with E-state index in [1.165, 1.54) is 0 Å². The first kappa shape index (κ1) is 11.6.